The average Bonchev–Trinajstić information content (AvgIpc) is 2.50. The maximum Gasteiger partial charge on any atom is 0.237 e. The standard InChI is InChI=1S/C16H23FN2O2.ClH/c1-10-3-4-13(9-14(10)17)11(2)19-16(20)15(18)12-5-7-21-8-6-12;/h3-4,9,11-12,15H,5-8,18H2,1-2H3,(H,19,20);1H. The van der Waals surface area contributed by atoms with E-state index in [0.717, 1.165) is 18.4 Å². The summed E-state index contributed by atoms with van der Waals surface area (Å²) >= 11 is 0. The Labute approximate surface area is 137 Å². The van der Waals surface area contributed by atoms with Gasteiger partial charge in [-0.2, -0.15) is 0 Å². The molecule has 0 spiro atoms. The van der Waals surface area contributed by atoms with Crippen molar-refractivity contribution in [3.05, 3.63) is 35.1 Å². The lowest BCUT2D eigenvalue weighted by Gasteiger charge is -2.28. The third kappa shape index (κ3) is 4.66. The molecular formula is C16H24ClFN2O2. The van der Waals surface area contributed by atoms with Gasteiger partial charge in [-0.1, -0.05) is 12.1 Å². The molecule has 2 atom stereocenters. The fraction of sp³-hybridized carbons (Fsp3) is 0.562. The molecule has 0 aromatic heterocycles. The summed E-state index contributed by atoms with van der Waals surface area (Å²) in [5.41, 5.74) is 7.37. The van der Waals surface area contributed by atoms with E-state index in [4.69, 9.17) is 10.5 Å². The number of hydrogen-bond donors (Lipinski definition) is 2. The first kappa shape index (κ1) is 18.9. The number of carbonyl (C=O) groups is 1. The van der Waals surface area contributed by atoms with Gasteiger partial charge in [0, 0.05) is 13.2 Å². The predicted octanol–water partition coefficient (Wildman–Crippen LogP) is 2.49. The summed E-state index contributed by atoms with van der Waals surface area (Å²) in [6.45, 7) is 4.86. The van der Waals surface area contributed by atoms with Crippen molar-refractivity contribution in [3.8, 4) is 0 Å². The van der Waals surface area contributed by atoms with Crippen molar-refractivity contribution in [3.63, 3.8) is 0 Å². The average molecular weight is 331 g/mol. The molecule has 4 nitrogen and oxygen atoms in total. The number of nitrogens with two attached hydrogens (primary N) is 1. The van der Waals surface area contributed by atoms with Crippen molar-refractivity contribution < 1.29 is 13.9 Å². The third-order valence-corrected chi connectivity index (χ3v) is 4.13. The highest BCUT2D eigenvalue weighted by molar-refractivity contribution is 5.85. The van der Waals surface area contributed by atoms with Gasteiger partial charge in [0.1, 0.15) is 5.82 Å². The van der Waals surface area contributed by atoms with Crippen LogP contribution in [0.15, 0.2) is 18.2 Å². The highest BCUT2D eigenvalue weighted by Crippen LogP contribution is 2.20. The maximum absolute atomic E-state index is 13.6. The summed E-state index contributed by atoms with van der Waals surface area (Å²) in [5.74, 6) is -0.293. The van der Waals surface area contributed by atoms with Crippen LogP contribution in [0, 0.1) is 18.7 Å². The first-order valence-corrected chi connectivity index (χ1v) is 7.39. The van der Waals surface area contributed by atoms with Crippen LogP contribution in [0.5, 0.6) is 0 Å². The van der Waals surface area contributed by atoms with Crippen LogP contribution in [0.1, 0.15) is 36.9 Å². The summed E-state index contributed by atoms with van der Waals surface area (Å²) in [5, 5.41) is 2.87. The Morgan fingerprint density at radius 3 is 2.64 bits per heavy atom. The SMILES string of the molecule is Cc1ccc(C(C)NC(=O)C(N)C2CCOCC2)cc1F.Cl. The number of nitrogens with one attached hydrogen (secondary N) is 1. The van der Waals surface area contributed by atoms with Crippen LogP contribution in [0.2, 0.25) is 0 Å². The topological polar surface area (TPSA) is 64.4 Å². The second-order valence-corrected chi connectivity index (χ2v) is 5.71. The zero-order chi connectivity index (χ0) is 15.4. The minimum absolute atomic E-state index is 0. The number of hydrogen-bond acceptors (Lipinski definition) is 3. The van der Waals surface area contributed by atoms with Gasteiger partial charge < -0.3 is 15.8 Å². The summed E-state index contributed by atoms with van der Waals surface area (Å²) in [4.78, 5) is 12.2. The van der Waals surface area contributed by atoms with Crippen molar-refractivity contribution in [2.45, 2.75) is 38.8 Å². The van der Waals surface area contributed by atoms with Gasteiger partial charge in [-0.3, -0.25) is 4.79 Å². The Morgan fingerprint density at radius 2 is 2.05 bits per heavy atom. The highest BCUT2D eigenvalue weighted by Gasteiger charge is 2.27. The summed E-state index contributed by atoms with van der Waals surface area (Å²) < 4.78 is 18.9. The van der Waals surface area contributed by atoms with Crippen molar-refractivity contribution in [1.82, 2.24) is 5.32 Å². The molecule has 1 aromatic carbocycles. The zero-order valence-corrected chi connectivity index (χ0v) is 13.8. The van der Waals surface area contributed by atoms with Gasteiger partial charge in [0.2, 0.25) is 5.91 Å². The van der Waals surface area contributed by atoms with E-state index in [-0.39, 0.29) is 36.1 Å². The lowest BCUT2D eigenvalue weighted by atomic mass is 9.91. The van der Waals surface area contributed by atoms with E-state index in [2.05, 4.69) is 5.32 Å². The zero-order valence-electron chi connectivity index (χ0n) is 13.0. The third-order valence-electron chi connectivity index (χ3n) is 4.13. The monoisotopic (exact) mass is 330 g/mol. The number of halogens is 2. The van der Waals surface area contributed by atoms with Crippen molar-refractivity contribution in [1.29, 1.82) is 0 Å². The van der Waals surface area contributed by atoms with Crippen molar-refractivity contribution in [2.75, 3.05) is 13.2 Å². The smallest absolute Gasteiger partial charge is 0.237 e. The van der Waals surface area contributed by atoms with Crippen LogP contribution in [-0.2, 0) is 9.53 Å². The number of rotatable bonds is 4. The Morgan fingerprint density at radius 1 is 1.41 bits per heavy atom. The minimum atomic E-state index is -0.536. The lowest BCUT2D eigenvalue weighted by Crippen LogP contribution is -2.47. The molecule has 0 aliphatic carbocycles. The molecule has 22 heavy (non-hydrogen) atoms. The van der Waals surface area contributed by atoms with Gasteiger partial charge in [-0.25, -0.2) is 4.39 Å². The Kier molecular flexibility index (Phi) is 7.26. The van der Waals surface area contributed by atoms with Gasteiger partial charge in [-0.15, -0.1) is 12.4 Å². The lowest BCUT2D eigenvalue weighted by molar-refractivity contribution is -0.125. The summed E-state index contributed by atoms with van der Waals surface area (Å²) in [7, 11) is 0. The number of aryl methyl sites for hydroxylation is 1. The molecule has 1 fully saturated rings. The Bertz CT molecular complexity index is 507. The van der Waals surface area contributed by atoms with E-state index in [0.29, 0.717) is 18.8 Å². The molecule has 0 bridgehead atoms. The first-order chi connectivity index (χ1) is 9.99. The van der Waals surface area contributed by atoms with E-state index in [1.807, 2.05) is 13.0 Å². The molecule has 1 amide bonds. The van der Waals surface area contributed by atoms with Crippen molar-refractivity contribution >= 4 is 18.3 Å². The van der Waals surface area contributed by atoms with E-state index < -0.39 is 6.04 Å². The molecule has 1 saturated heterocycles. The van der Waals surface area contributed by atoms with Gasteiger partial charge in [0.05, 0.1) is 12.1 Å². The van der Waals surface area contributed by atoms with Crippen LogP contribution in [0.25, 0.3) is 0 Å². The van der Waals surface area contributed by atoms with Crippen LogP contribution < -0.4 is 11.1 Å². The molecule has 1 heterocycles. The van der Waals surface area contributed by atoms with E-state index in [9.17, 15) is 9.18 Å². The number of amides is 1. The molecule has 0 radical (unpaired) electrons. The Hall–Kier alpha value is -1.17. The number of ether oxygens (including phenoxy) is 1. The molecule has 3 N–H and O–H groups in total. The molecule has 1 aromatic rings. The molecule has 1 aliphatic heterocycles. The molecule has 0 saturated carbocycles. The molecule has 2 unspecified atom stereocenters. The van der Waals surface area contributed by atoms with Crippen LogP contribution >= 0.6 is 12.4 Å². The van der Waals surface area contributed by atoms with E-state index in [1.54, 1.807) is 13.0 Å². The molecule has 2 rings (SSSR count). The van der Waals surface area contributed by atoms with Crippen LogP contribution in [0.3, 0.4) is 0 Å². The van der Waals surface area contributed by atoms with Crippen LogP contribution in [-0.4, -0.2) is 25.2 Å². The molecule has 6 heteroatoms. The molecular weight excluding hydrogens is 307 g/mol. The largest absolute Gasteiger partial charge is 0.381 e. The van der Waals surface area contributed by atoms with E-state index in [1.165, 1.54) is 6.07 Å². The Balaban J connectivity index is 0.00000242. The van der Waals surface area contributed by atoms with Crippen LogP contribution in [0.4, 0.5) is 4.39 Å². The second kappa shape index (κ2) is 8.46. The fourth-order valence-electron chi connectivity index (χ4n) is 2.56. The highest BCUT2D eigenvalue weighted by atomic mass is 35.5. The second-order valence-electron chi connectivity index (χ2n) is 5.71. The quantitative estimate of drug-likeness (QED) is 0.891. The van der Waals surface area contributed by atoms with Gasteiger partial charge >= 0.3 is 0 Å². The summed E-state index contributed by atoms with van der Waals surface area (Å²) in [6, 6.07) is 4.19. The summed E-state index contributed by atoms with van der Waals surface area (Å²) in [6.07, 6.45) is 1.62. The fourth-order valence-corrected chi connectivity index (χ4v) is 2.56. The predicted molar refractivity (Wildman–Crippen MR) is 86.5 cm³/mol. The van der Waals surface area contributed by atoms with Crippen molar-refractivity contribution in [2.24, 2.45) is 11.7 Å². The van der Waals surface area contributed by atoms with Gasteiger partial charge in [-0.05, 0) is 49.8 Å². The molecule has 1 aliphatic rings. The van der Waals surface area contributed by atoms with Gasteiger partial charge in [0.15, 0.2) is 0 Å². The van der Waals surface area contributed by atoms with Gasteiger partial charge in [0.25, 0.3) is 0 Å². The maximum atomic E-state index is 13.6. The number of carbonyl (C=O) groups excluding carboxylic acids is 1. The minimum Gasteiger partial charge on any atom is -0.381 e. The molecule has 124 valence electrons. The number of benzene rings is 1. The first-order valence-electron chi connectivity index (χ1n) is 7.39. The normalized spacial score (nSPS) is 18.2. The van der Waals surface area contributed by atoms with E-state index >= 15 is 0 Å².